The number of aryl methyl sites for hydroxylation is 1. The van der Waals surface area contributed by atoms with Crippen LogP contribution in [0.1, 0.15) is 81.1 Å². The minimum Gasteiger partial charge on any atom is -0.465 e. The topological polar surface area (TPSA) is 100 Å². The summed E-state index contributed by atoms with van der Waals surface area (Å²) in [6.07, 6.45) is 6.33. The number of carbonyl (C=O) groups excluding carboxylic acids is 3. The lowest BCUT2D eigenvalue weighted by Gasteiger charge is -2.14. The van der Waals surface area contributed by atoms with Crippen molar-refractivity contribution in [2.45, 2.75) is 72.1 Å². The minimum absolute atomic E-state index is 0.00341. The Hall–Kier alpha value is -2.77. The molecule has 0 bridgehead atoms. The highest BCUT2D eigenvalue weighted by molar-refractivity contribution is 5.96. The number of benzene rings is 1. The van der Waals surface area contributed by atoms with Crippen LogP contribution >= 0.6 is 0 Å². The maximum absolute atomic E-state index is 12.2. The Bertz CT molecular complexity index is 718. The smallest absolute Gasteiger partial charge is 0.465 e. The number of amides is 1. The molecule has 0 unspecified atom stereocenters. The summed E-state index contributed by atoms with van der Waals surface area (Å²) >= 11 is 0. The molecule has 1 N–H and O–H groups in total. The van der Waals surface area contributed by atoms with Crippen molar-refractivity contribution in [1.82, 2.24) is 0 Å². The first-order valence-corrected chi connectivity index (χ1v) is 10.9. The van der Waals surface area contributed by atoms with Crippen LogP contribution in [0.3, 0.4) is 0 Å². The SMILES string of the molecule is CCCCCCOC(=O)Nc1cc(C)c(OC(=O)OCCCCCC)c(C(=O)OC)c1. The monoisotopic (exact) mass is 437 g/mol. The Morgan fingerprint density at radius 2 is 1.48 bits per heavy atom. The molecular weight excluding hydrogens is 402 g/mol. The van der Waals surface area contributed by atoms with Gasteiger partial charge in [-0.2, -0.15) is 0 Å². The molecular formula is C23H35NO7. The summed E-state index contributed by atoms with van der Waals surface area (Å²) in [6, 6.07) is 2.95. The van der Waals surface area contributed by atoms with E-state index in [-0.39, 0.29) is 17.9 Å². The van der Waals surface area contributed by atoms with Crippen molar-refractivity contribution in [1.29, 1.82) is 0 Å². The molecule has 0 saturated carbocycles. The van der Waals surface area contributed by atoms with Crippen LogP contribution < -0.4 is 10.1 Å². The third-order valence-electron chi connectivity index (χ3n) is 4.56. The van der Waals surface area contributed by atoms with Crippen molar-refractivity contribution in [3.8, 4) is 5.75 Å². The summed E-state index contributed by atoms with van der Waals surface area (Å²) in [7, 11) is 1.22. The lowest BCUT2D eigenvalue weighted by molar-refractivity contribution is 0.0593. The molecule has 1 amide bonds. The Balaban J connectivity index is 2.77. The van der Waals surface area contributed by atoms with Gasteiger partial charge in [-0.3, -0.25) is 5.32 Å². The number of unbranched alkanes of at least 4 members (excludes halogenated alkanes) is 6. The molecule has 0 fully saturated rings. The van der Waals surface area contributed by atoms with E-state index in [0.717, 1.165) is 51.4 Å². The van der Waals surface area contributed by atoms with Gasteiger partial charge in [-0.1, -0.05) is 52.4 Å². The summed E-state index contributed by atoms with van der Waals surface area (Å²) in [5.41, 5.74) is 0.796. The van der Waals surface area contributed by atoms with Crippen molar-refractivity contribution in [3.05, 3.63) is 23.3 Å². The van der Waals surface area contributed by atoms with Gasteiger partial charge in [0.25, 0.3) is 0 Å². The molecule has 1 rings (SSSR count). The van der Waals surface area contributed by atoms with Crippen molar-refractivity contribution in [3.63, 3.8) is 0 Å². The van der Waals surface area contributed by atoms with E-state index in [0.29, 0.717) is 17.9 Å². The average Bonchev–Trinajstić information content (AvgIpc) is 2.74. The van der Waals surface area contributed by atoms with E-state index in [1.54, 1.807) is 13.0 Å². The van der Waals surface area contributed by atoms with Gasteiger partial charge in [0.1, 0.15) is 5.56 Å². The van der Waals surface area contributed by atoms with Gasteiger partial charge >= 0.3 is 18.2 Å². The third-order valence-corrected chi connectivity index (χ3v) is 4.56. The summed E-state index contributed by atoms with van der Waals surface area (Å²) in [5, 5.41) is 2.59. The van der Waals surface area contributed by atoms with Crippen molar-refractivity contribution in [2.75, 3.05) is 25.6 Å². The summed E-state index contributed by atoms with van der Waals surface area (Å²) in [5.74, 6) is -0.672. The second kappa shape index (κ2) is 15.1. The number of hydrogen-bond donors (Lipinski definition) is 1. The molecule has 1 aromatic carbocycles. The number of esters is 1. The third kappa shape index (κ3) is 10.2. The van der Waals surface area contributed by atoms with Gasteiger partial charge in [-0.15, -0.1) is 0 Å². The molecule has 0 aliphatic rings. The Morgan fingerprint density at radius 1 is 0.871 bits per heavy atom. The number of rotatable bonds is 13. The van der Waals surface area contributed by atoms with Crippen LogP contribution in [0.25, 0.3) is 0 Å². The van der Waals surface area contributed by atoms with Crippen LogP contribution in [0.5, 0.6) is 5.75 Å². The fourth-order valence-electron chi connectivity index (χ4n) is 2.89. The van der Waals surface area contributed by atoms with Gasteiger partial charge in [0.15, 0.2) is 5.75 Å². The van der Waals surface area contributed by atoms with Gasteiger partial charge in [-0.05, 0) is 37.5 Å². The Morgan fingerprint density at radius 3 is 2.06 bits per heavy atom. The normalized spacial score (nSPS) is 10.3. The molecule has 0 heterocycles. The van der Waals surface area contributed by atoms with Crippen LogP contribution in [0.4, 0.5) is 15.3 Å². The summed E-state index contributed by atoms with van der Waals surface area (Å²) in [4.78, 5) is 36.3. The zero-order valence-electron chi connectivity index (χ0n) is 19.1. The molecule has 0 spiro atoms. The molecule has 0 atom stereocenters. The average molecular weight is 438 g/mol. The summed E-state index contributed by atoms with van der Waals surface area (Å²) < 4.78 is 20.3. The van der Waals surface area contributed by atoms with E-state index in [1.165, 1.54) is 13.2 Å². The fourth-order valence-corrected chi connectivity index (χ4v) is 2.89. The molecule has 8 nitrogen and oxygen atoms in total. The van der Waals surface area contributed by atoms with E-state index >= 15 is 0 Å². The quantitative estimate of drug-likeness (QED) is 0.175. The molecule has 0 radical (unpaired) electrons. The Labute approximate surface area is 184 Å². The Kier molecular flexibility index (Phi) is 12.8. The van der Waals surface area contributed by atoms with E-state index < -0.39 is 18.2 Å². The first-order valence-electron chi connectivity index (χ1n) is 10.9. The number of hydrogen-bond acceptors (Lipinski definition) is 7. The molecule has 1 aromatic rings. The van der Waals surface area contributed by atoms with Crippen LogP contribution in [0, 0.1) is 6.92 Å². The minimum atomic E-state index is -0.892. The summed E-state index contributed by atoms with van der Waals surface area (Å²) in [6.45, 7) is 6.42. The standard InChI is InChI=1S/C23H35NO7/c1-5-7-9-11-13-29-22(26)24-18-15-17(3)20(19(16-18)21(25)28-4)31-23(27)30-14-12-10-8-6-2/h15-16H,5-14H2,1-4H3,(H,24,26). The predicted octanol–water partition coefficient (Wildman–Crippen LogP) is 6.01. The van der Waals surface area contributed by atoms with Crippen LogP contribution in [0.2, 0.25) is 0 Å². The maximum atomic E-state index is 12.2. The van der Waals surface area contributed by atoms with Gasteiger partial charge < -0.3 is 18.9 Å². The van der Waals surface area contributed by atoms with Crippen LogP contribution in [-0.4, -0.2) is 38.5 Å². The highest BCUT2D eigenvalue weighted by Gasteiger charge is 2.21. The first kappa shape index (κ1) is 26.3. The van der Waals surface area contributed by atoms with E-state index in [2.05, 4.69) is 19.2 Å². The van der Waals surface area contributed by atoms with Gasteiger partial charge in [0.05, 0.1) is 20.3 Å². The van der Waals surface area contributed by atoms with Crippen molar-refractivity contribution < 1.29 is 33.3 Å². The van der Waals surface area contributed by atoms with E-state index in [4.69, 9.17) is 18.9 Å². The highest BCUT2D eigenvalue weighted by Crippen LogP contribution is 2.29. The number of anilines is 1. The molecule has 8 heteroatoms. The number of methoxy groups -OCH3 is 1. The largest absolute Gasteiger partial charge is 0.513 e. The number of nitrogens with one attached hydrogen (secondary N) is 1. The van der Waals surface area contributed by atoms with Crippen LogP contribution in [0.15, 0.2) is 12.1 Å². The zero-order chi connectivity index (χ0) is 23.1. The molecule has 0 aromatic heterocycles. The van der Waals surface area contributed by atoms with Gasteiger partial charge in [-0.25, -0.2) is 14.4 Å². The fraction of sp³-hybridized carbons (Fsp3) is 0.609. The second-order valence-electron chi connectivity index (χ2n) is 7.24. The van der Waals surface area contributed by atoms with E-state index in [9.17, 15) is 14.4 Å². The van der Waals surface area contributed by atoms with Crippen molar-refractivity contribution in [2.24, 2.45) is 0 Å². The lowest BCUT2D eigenvalue weighted by atomic mass is 10.1. The van der Waals surface area contributed by atoms with Crippen molar-refractivity contribution >= 4 is 23.9 Å². The van der Waals surface area contributed by atoms with Crippen LogP contribution in [-0.2, 0) is 14.2 Å². The molecule has 0 aliphatic heterocycles. The number of ether oxygens (including phenoxy) is 4. The lowest BCUT2D eigenvalue weighted by Crippen LogP contribution is -2.17. The number of carbonyl (C=O) groups is 3. The van der Waals surface area contributed by atoms with E-state index in [1.807, 2.05) is 0 Å². The highest BCUT2D eigenvalue weighted by atomic mass is 16.7. The second-order valence-corrected chi connectivity index (χ2v) is 7.24. The predicted molar refractivity (Wildman–Crippen MR) is 118 cm³/mol. The van der Waals surface area contributed by atoms with Gasteiger partial charge in [0.2, 0.25) is 0 Å². The maximum Gasteiger partial charge on any atom is 0.513 e. The molecule has 31 heavy (non-hydrogen) atoms. The molecule has 0 saturated heterocycles. The van der Waals surface area contributed by atoms with Gasteiger partial charge in [0, 0.05) is 5.69 Å². The zero-order valence-corrected chi connectivity index (χ0v) is 19.1. The molecule has 0 aliphatic carbocycles. The molecule has 174 valence electrons. The first-order chi connectivity index (χ1) is 14.9.